The van der Waals surface area contributed by atoms with Crippen LogP contribution in [0.4, 0.5) is 42.2 Å². The summed E-state index contributed by atoms with van der Waals surface area (Å²) < 4.78 is 94.9. The van der Waals surface area contributed by atoms with Gasteiger partial charge in [0.25, 0.3) is 0 Å². The van der Waals surface area contributed by atoms with E-state index in [0.717, 1.165) is 4.90 Å². The number of rotatable bonds is 6. The molecule has 1 aromatic heterocycles. The van der Waals surface area contributed by atoms with E-state index in [0.29, 0.717) is 42.0 Å². The third-order valence-electron chi connectivity index (χ3n) is 7.53. The second-order valence-corrected chi connectivity index (χ2v) is 10.6. The first-order chi connectivity index (χ1) is 19.4. The number of aliphatic hydroxyl groups excluding tert-OH is 2. The Bertz CT molecular complexity index is 1420. The molecule has 2 atom stereocenters. The Morgan fingerprint density at radius 1 is 0.976 bits per heavy atom. The second-order valence-electron chi connectivity index (χ2n) is 10.6. The van der Waals surface area contributed by atoms with E-state index >= 15 is 0 Å². The molecule has 226 valence electrons. The Hall–Kier alpha value is -3.71. The van der Waals surface area contributed by atoms with Crippen LogP contribution < -0.4 is 9.80 Å². The standard InChI is InChI=1S/C29H28F7N3O3/c1-27(2,17-10-18(28(31,32)33)12-19(11-17)29(34,35)36)26(42)38(3)22-14-37-25(39-9-8-24(41)23(39)15-40)13-21(22)16-4-6-20(30)7-5-16/h4-7,10-14,23-24,40-41H,8-9,15H2,1-3H3. The predicted molar refractivity (Wildman–Crippen MR) is 141 cm³/mol. The van der Waals surface area contributed by atoms with Crippen molar-refractivity contribution in [2.45, 2.75) is 50.2 Å². The highest BCUT2D eigenvalue weighted by atomic mass is 19.4. The third kappa shape index (κ3) is 6.07. The fourth-order valence-electron chi connectivity index (χ4n) is 5.03. The van der Waals surface area contributed by atoms with Crippen LogP contribution in [0, 0.1) is 5.82 Å². The minimum atomic E-state index is -5.09. The Morgan fingerprint density at radius 2 is 1.52 bits per heavy atom. The average Bonchev–Trinajstić information content (AvgIpc) is 3.31. The predicted octanol–water partition coefficient (Wildman–Crippen LogP) is 5.80. The zero-order valence-electron chi connectivity index (χ0n) is 22.8. The molecule has 2 N–H and O–H groups in total. The van der Waals surface area contributed by atoms with Crippen LogP contribution in [-0.2, 0) is 22.6 Å². The van der Waals surface area contributed by atoms with Gasteiger partial charge in [0.05, 0.1) is 47.2 Å². The summed E-state index contributed by atoms with van der Waals surface area (Å²) in [6.45, 7) is 2.44. The van der Waals surface area contributed by atoms with Crippen molar-refractivity contribution in [1.82, 2.24) is 4.98 Å². The number of anilines is 2. The topological polar surface area (TPSA) is 76.9 Å². The van der Waals surface area contributed by atoms with Crippen molar-refractivity contribution < 1.29 is 45.7 Å². The molecule has 0 bridgehead atoms. The van der Waals surface area contributed by atoms with Crippen LogP contribution in [0.2, 0.25) is 0 Å². The van der Waals surface area contributed by atoms with Crippen LogP contribution in [-0.4, -0.2) is 53.4 Å². The molecule has 0 aliphatic carbocycles. The first-order valence-corrected chi connectivity index (χ1v) is 12.8. The van der Waals surface area contributed by atoms with E-state index in [1.165, 1.54) is 51.4 Å². The molecule has 1 saturated heterocycles. The number of pyridine rings is 1. The molecule has 42 heavy (non-hydrogen) atoms. The number of amides is 1. The van der Waals surface area contributed by atoms with Crippen molar-refractivity contribution in [2.75, 3.05) is 30.0 Å². The van der Waals surface area contributed by atoms with E-state index < -0.39 is 58.3 Å². The first-order valence-electron chi connectivity index (χ1n) is 12.8. The summed E-state index contributed by atoms with van der Waals surface area (Å²) >= 11 is 0. The molecule has 6 nitrogen and oxygen atoms in total. The number of likely N-dealkylation sites (N-methyl/N-ethyl adjacent to an activating group) is 1. The first kappa shape index (κ1) is 31.2. The van der Waals surface area contributed by atoms with Crippen LogP contribution in [0.15, 0.2) is 54.7 Å². The van der Waals surface area contributed by atoms with Crippen molar-refractivity contribution >= 4 is 17.4 Å². The number of benzene rings is 2. The van der Waals surface area contributed by atoms with Gasteiger partial charge in [0, 0.05) is 19.2 Å². The van der Waals surface area contributed by atoms with Gasteiger partial charge in [-0.15, -0.1) is 0 Å². The summed E-state index contributed by atoms with van der Waals surface area (Å²) in [6.07, 6.45) is -9.33. The number of hydrogen-bond donors (Lipinski definition) is 2. The Balaban J connectivity index is 1.81. The van der Waals surface area contributed by atoms with E-state index in [4.69, 9.17) is 0 Å². The monoisotopic (exact) mass is 599 g/mol. The molecule has 2 heterocycles. The van der Waals surface area contributed by atoms with Crippen molar-refractivity contribution in [3.05, 3.63) is 77.2 Å². The summed E-state index contributed by atoms with van der Waals surface area (Å²) in [5, 5.41) is 20.0. The summed E-state index contributed by atoms with van der Waals surface area (Å²) in [5.74, 6) is -1.03. The van der Waals surface area contributed by atoms with Crippen LogP contribution in [0.3, 0.4) is 0 Å². The van der Waals surface area contributed by atoms with Gasteiger partial charge < -0.3 is 20.0 Å². The molecule has 0 spiro atoms. The van der Waals surface area contributed by atoms with Gasteiger partial charge in [-0.1, -0.05) is 12.1 Å². The zero-order chi connectivity index (χ0) is 31.2. The van der Waals surface area contributed by atoms with E-state index in [1.54, 1.807) is 11.0 Å². The highest BCUT2D eigenvalue weighted by Gasteiger charge is 2.41. The number of alkyl halides is 6. The van der Waals surface area contributed by atoms with Crippen LogP contribution in [0.1, 0.15) is 37.0 Å². The van der Waals surface area contributed by atoms with Crippen LogP contribution >= 0.6 is 0 Å². The lowest BCUT2D eigenvalue weighted by molar-refractivity contribution is -0.143. The van der Waals surface area contributed by atoms with Crippen molar-refractivity contribution in [3.8, 4) is 11.1 Å². The van der Waals surface area contributed by atoms with Gasteiger partial charge in [0.1, 0.15) is 11.6 Å². The number of nitrogens with zero attached hydrogens (tertiary/aromatic N) is 3. The second kappa shape index (κ2) is 11.2. The maximum atomic E-state index is 13.8. The van der Waals surface area contributed by atoms with Gasteiger partial charge in [-0.3, -0.25) is 4.79 Å². The van der Waals surface area contributed by atoms with E-state index in [2.05, 4.69) is 4.98 Å². The highest BCUT2D eigenvalue weighted by Crippen LogP contribution is 2.41. The fraction of sp³-hybridized carbons (Fsp3) is 0.379. The van der Waals surface area contributed by atoms with E-state index in [-0.39, 0.29) is 18.4 Å². The molecule has 2 unspecified atom stereocenters. The quantitative estimate of drug-likeness (QED) is 0.351. The van der Waals surface area contributed by atoms with Gasteiger partial charge in [-0.05, 0) is 67.8 Å². The summed E-state index contributed by atoms with van der Waals surface area (Å²) in [5.41, 5.74) is -4.51. The molecule has 1 fully saturated rings. The fourth-order valence-corrected chi connectivity index (χ4v) is 5.03. The maximum Gasteiger partial charge on any atom is 0.416 e. The van der Waals surface area contributed by atoms with Gasteiger partial charge in [-0.2, -0.15) is 26.3 Å². The molecule has 0 saturated carbocycles. The van der Waals surface area contributed by atoms with Gasteiger partial charge in [0.15, 0.2) is 0 Å². The van der Waals surface area contributed by atoms with Crippen LogP contribution in [0.5, 0.6) is 0 Å². The molecule has 4 rings (SSSR count). The molecular formula is C29H28F7N3O3. The number of aliphatic hydroxyl groups is 2. The summed E-state index contributed by atoms with van der Waals surface area (Å²) in [7, 11) is 1.31. The number of halogens is 7. The molecule has 1 aliphatic heterocycles. The molecule has 1 amide bonds. The normalized spacial score (nSPS) is 18.0. The smallest absolute Gasteiger partial charge is 0.394 e. The molecular weight excluding hydrogens is 571 g/mol. The van der Waals surface area contributed by atoms with Crippen molar-refractivity contribution in [2.24, 2.45) is 0 Å². The largest absolute Gasteiger partial charge is 0.416 e. The van der Waals surface area contributed by atoms with E-state index in [1.807, 2.05) is 0 Å². The molecule has 13 heteroatoms. The van der Waals surface area contributed by atoms with Crippen molar-refractivity contribution in [3.63, 3.8) is 0 Å². The van der Waals surface area contributed by atoms with Gasteiger partial charge in [0.2, 0.25) is 5.91 Å². The molecule has 1 aliphatic rings. The molecule has 3 aromatic rings. The highest BCUT2D eigenvalue weighted by molar-refractivity contribution is 6.03. The van der Waals surface area contributed by atoms with Gasteiger partial charge in [-0.25, -0.2) is 9.37 Å². The minimum absolute atomic E-state index is 0.00199. The lowest BCUT2D eigenvalue weighted by Crippen LogP contribution is -2.42. The SMILES string of the molecule is CN(C(=O)C(C)(C)c1cc(C(F)(F)F)cc(C(F)(F)F)c1)c1cnc(N2CCC(O)C2CO)cc1-c1ccc(F)cc1. The Labute approximate surface area is 237 Å². The summed E-state index contributed by atoms with van der Waals surface area (Å²) in [4.78, 5) is 20.9. The Kier molecular flexibility index (Phi) is 8.31. The summed E-state index contributed by atoms with van der Waals surface area (Å²) in [6, 6.07) is 7.20. The maximum absolute atomic E-state index is 13.8. The zero-order valence-corrected chi connectivity index (χ0v) is 22.8. The number of hydrogen-bond acceptors (Lipinski definition) is 5. The van der Waals surface area contributed by atoms with Gasteiger partial charge >= 0.3 is 12.4 Å². The molecule has 2 aromatic carbocycles. The minimum Gasteiger partial charge on any atom is -0.394 e. The number of aromatic nitrogens is 1. The lowest BCUT2D eigenvalue weighted by Gasteiger charge is -2.32. The Morgan fingerprint density at radius 3 is 2.05 bits per heavy atom. The third-order valence-corrected chi connectivity index (χ3v) is 7.53. The van der Waals surface area contributed by atoms with E-state index in [9.17, 15) is 45.7 Å². The van der Waals surface area contributed by atoms with Crippen LogP contribution in [0.25, 0.3) is 11.1 Å². The number of carbonyl (C=O) groups excluding carboxylic acids is 1. The number of carbonyl (C=O) groups is 1. The van der Waals surface area contributed by atoms with Crippen molar-refractivity contribution in [1.29, 1.82) is 0 Å². The lowest BCUT2D eigenvalue weighted by atomic mass is 9.81. The average molecular weight is 600 g/mol. The molecule has 0 radical (unpaired) electrons.